The Morgan fingerprint density at radius 3 is 2.68 bits per heavy atom. The van der Waals surface area contributed by atoms with Crippen LogP contribution in [0.1, 0.15) is 63.4 Å². The van der Waals surface area contributed by atoms with Crippen molar-refractivity contribution in [2.75, 3.05) is 7.11 Å². The van der Waals surface area contributed by atoms with Crippen molar-refractivity contribution in [3.63, 3.8) is 0 Å². The first-order valence-electron chi connectivity index (χ1n) is 10.2. The number of nitrogens with one attached hydrogen (secondary N) is 1. The summed E-state index contributed by atoms with van der Waals surface area (Å²) in [6.45, 7) is 1.90. The largest absolute Gasteiger partial charge is 0.497 e. The minimum Gasteiger partial charge on any atom is -0.497 e. The third-order valence-electron chi connectivity index (χ3n) is 6.00. The molecule has 0 amide bonds. The fourth-order valence-corrected chi connectivity index (χ4v) is 4.63. The van der Waals surface area contributed by atoms with Gasteiger partial charge in [-0.1, -0.05) is 12.1 Å². The fourth-order valence-electron chi connectivity index (χ4n) is 4.63. The Morgan fingerprint density at radius 2 is 1.93 bits per heavy atom. The Hall–Kier alpha value is -2.56. The number of rotatable bonds is 4. The molecule has 0 aromatic heterocycles. The summed E-state index contributed by atoms with van der Waals surface area (Å²) in [6, 6.07) is 7.65. The molecule has 1 unspecified atom stereocenters. The van der Waals surface area contributed by atoms with Crippen LogP contribution in [0, 0.1) is 0 Å². The predicted octanol–water partition coefficient (Wildman–Crippen LogP) is 4.15. The first-order valence-corrected chi connectivity index (χ1v) is 10.2. The molecule has 1 aliphatic heterocycles. The van der Waals surface area contributed by atoms with Gasteiger partial charge in [0.05, 0.1) is 12.7 Å². The molecular formula is C23H27NO4. The molecule has 0 radical (unpaired) electrons. The van der Waals surface area contributed by atoms with Gasteiger partial charge < -0.3 is 14.8 Å². The Balaban J connectivity index is 1.77. The molecule has 0 bridgehead atoms. The van der Waals surface area contributed by atoms with Crippen molar-refractivity contribution in [3.8, 4) is 5.75 Å². The van der Waals surface area contributed by atoms with Gasteiger partial charge in [-0.2, -0.15) is 0 Å². The van der Waals surface area contributed by atoms with E-state index in [1.807, 2.05) is 31.2 Å². The van der Waals surface area contributed by atoms with Crippen LogP contribution in [0.5, 0.6) is 5.75 Å². The van der Waals surface area contributed by atoms with Gasteiger partial charge in [-0.15, -0.1) is 0 Å². The number of carbonyl (C=O) groups is 2. The van der Waals surface area contributed by atoms with Crippen LogP contribution in [0.2, 0.25) is 0 Å². The van der Waals surface area contributed by atoms with Crippen LogP contribution in [-0.2, 0) is 14.3 Å². The van der Waals surface area contributed by atoms with Gasteiger partial charge in [0.25, 0.3) is 0 Å². The number of Topliss-reactive ketones (excluding diaryl/α,β-unsaturated/α-hetero) is 1. The zero-order valence-corrected chi connectivity index (χ0v) is 16.5. The van der Waals surface area contributed by atoms with Gasteiger partial charge in [-0.25, -0.2) is 4.79 Å². The SMILES string of the molecule is COc1cccc(C2C(C(=O)OC3CCCC3)=C(C)NC3=C2C(=O)CCC3)c1. The summed E-state index contributed by atoms with van der Waals surface area (Å²) in [7, 11) is 1.62. The smallest absolute Gasteiger partial charge is 0.337 e. The van der Waals surface area contributed by atoms with E-state index in [1.165, 1.54) is 0 Å². The van der Waals surface area contributed by atoms with Crippen molar-refractivity contribution >= 4 is 11.8 Å². The summed E-state index contributed by atoms with van der Waals surface area (Å²) in [5.41, 5.74) is 3.88. The number of allylic oxidation sites excluding steroid dienone is 3. The van der Waals surface area contributed by atoms with E-state index in [-0.39, 0.29) is 17.9 Å². The Morgan fingerprint density at radius 1 is 1.14 bits per heavy atom. The van der Waals surface area contributed by atoms with Crippen molar-refractivity contribution in [2.45, 2.75) is 63.9 Å². The van der Waals surface area contributed by atoms with Crippen LogP contribution in [-0.4, -0.2) is 25.0 Å². The van der Waals surface area contributed by atoms with E-state index in [1.54, 1.807) is 7.11 Å². The third-order valence-corrected chi connectivity index (χ3v) is 6.00. The number of benzene rings is 1. The molecule has 1 saturated carbocycles. The minimum atomic E-state index is -0.409. The van der Waals surface area contributed by atoms with Crippen LogP contribution < -0.4 is 10.1 Å². The van der Waals surface area contributed by atoms with E-state index in [2.05, 4.69) is 5.32 Å². The highest BCUT2D eigenvalue weighted by Crippen LogP contribution is 2.43. The second-order valence-corrected chi connectivity index (χ2v) is 7.85. The van der Waals surface area contributed by atoms with Crippen LogP contribution in [0.25, 0.3) is 0 Å². The van der Waals surface area contributed by atoms with Crippen molar-refractivity contribution < 1.29 is 19.1 Å². The maximum Gasteiger partial charge on any atom is 0.337 e. The predicted molar refractivity (Wildman–Crippen MR) is 106 cm³/mol. The summed E-state index contributed by atoms with van der Waals surface area (Å²) in [5, 5.41) is 3.34. The van der Waals surface area contributed by atoms with Crippen molar-refractivity contribution in [2.24, 2.45) is 0 Å². The molecule has 148 valence electrons. The quantitative estimate of drug-likeness (QED) is 0.794. The molecule has 3 aliphatic rings. The highest BCUT2D eigenvalue weighted by atomic mass is 16.5. The molecule has 1 aromatic carbocycles. The van der Waals surface area contributed by atoms with Crippen LogP contribution in [0.4, 0.5) is 0 Å². The molecule has 5 nitrogen and oxygen atoms in total. The molecule has 5 heteroatoms. The van der Waals surface area contributed by atoms with E-state index in [9.17, 15) is 9.59 Å². The van der Waals surface area contributed by atoms with E-state index in [0.717, 1.165) is 55.5 Å². The van der Waals surface area contributed by atoms with Crippen molar-refractivity contribution in [1.82, 2.24) is 5.32 Å². The average Bonchev–Trinajstić information content (AvgIpc) is 3.20. The lowest BCUT2D eigenvalue weighted by Gasteiger charge is -2.34. The lowest BCUT2D eigenvalue weighted by Crippen LogP contribution is -2.35. The molecule has 28 heavy (non-hydrogen) atoms. The molecule has 4 rings (SSSR count). The topological polar surface area (TPSA) is 64.6 Å². The Kier molecular flexibility index (Phi) is 5.25. The fraction of sp³-hybridized carbons (Fsp3) is 0.478. The van der Waals surface area contributed by atoms with E-state index < -0.39 is 5.92 Å². The summed E-state index contributed by atoms with van der Waals surface area (Å²) in [4.78, 5) is 26.1. The first kappa shape index (κ1) is 18.8. The van der Waals surface area contributed by atoms with Gasteiger partial charge in [0, 0.05) is 29.3 Å². The van der Waals surface area contributed by atoms with Gasteiger partial charge in [-0.3, -0.25) is 4.79 Å². The lowest BCUT2D eigenvalue weighted by atomic mass is 9.75. The van der Waals surface area contributed by atoms with Gasteiger partial charge >= 0.3 is 5.97 Å². The summed E-state index contributed by atoms with van der Waals surface area (Å²) >= 11 is 0. The van der Waals surface area contributed by atoms with Crippen LogP contribution in [0.15, 0.2) is 46.8 Å². The van der Waals surface area contributed by atoms with Gasteiger partial charge in [0.1, 0.15) is 11.9 Å². The number of dihydropyridines is 1. The molecule has 1 atom stereocenters. The second kappa shape index (κ2) is 7.82. The molecule has 2 aliphatic carbocycles. The summed E-state index contributed by atoms with van der Waals surface area (Å²) < 4.78 is 11.2. The number of ether oxygens (including phenoxy) is 2. The van der Waals surface area contributed by atoms with Crippen LogP contribution in [0.3, 0.4) is 0 Å². The monoisotopic (exact) mass is 381 g/mol. The van der Waals surface area contributed by atoms with E-state index >= 15 is 0 Å². The van der Waals surface area contributed by atoms with E-state index in [4.69, 9.17) is 9.47 Å². The zero-order chi connectivity index (χ0) is 19.7. The summed E-state index contributed by atoms with van der Waals surface area (Å²) in [5.74, 6) is 0.102. The zero-order valence-electron chi connectivity index (χ0n) is 16.5. The van der Waals surface area contributed by atoms with Crippen molar-refractivity contribution in [1.29, 1.82) is 0 Å². The number of carbonyl (C=O) groups excluding carboxylic acids is 2. The average molecular weight is 381 g/mol. The van der Waals surface area contributed by atoms with E-state index in [0.29, 0.717) is 23.3 Å². The Labute approximate surface area is 165 Å². The molecule has 0 spiro atoms. The number of esters is 1. The number of ketones is 1. The van der Waals surface area contributed by atoms with Crippen molar-refractivity contribution in [3.05, 3.63) is 52.4 Å². The Bertz CT molecular complexity index is 861. The highest BCUT2D eigenvalue weighted by Gasteiger charge is 2.39. The molecule has 1 N–H and O–H groups in total. The maximum absolute atomic E-state index is 13.2. The molecule has 1 heterocycles. The first-order chi connectivity index (χ1) is 13.6. The van der Waals surface area contributed by atoms with Crippen LogP contribution >= 0.6 is 0 Å². The number of methoxy groups -OCH3 is 1. The van der Waals surface area contributed by atoms with Gasteiger partial charge in [0.15, 0.2) is 5.78 Å². The molecule has 1 fully saturated rings. The molecule has 0 saturated heterocycles. The molecular weight excluding hydrogens is 354 g/mol. The van der Waals surface area contributed by atoms with Gasteiger partial charge in [-0.05, 0) is 63.1 Å². The normalized spacial score (nSPS) is 22.8. The second-order valence-electron chi connectivity index (χ2n) is 7.85. The molecule has 1 aromatic rings. The minimum absolute atomic E-state index is 0.0174. The number of hydrogen-bond donors (Lipinski definition) is 1. The third kappa shape index (κ3) is 3.46. The lowest BCUT2D eigenvalue weighted by molar-refractivity contribution is -0.144. The maximum atomic E-state index is 13.2. The summed E-state index contributed by atoms with van der Waals surface area (Å²) in [6.07, 6.45) is 6.20. The van der Waals surface area contributed by atoms with Gasteiger partial charge in [0.2, 0.25) is 0 Å². The standard InChI is InChI=1S/C23H27NO4/c1-14-20(23(26)28-16-8-3-4-9-16)21(15-7-5-10-17(13-15)27-2)22-18(24-14)11-6-12-19(22)25/h5,7,10,13,16,21,24H,3-4,6,8-9,11-12H2,1-2H3. The number of hydrogen-bond acceptors (Lipinski definition) is 5. The highest BCUT2D eigenvalue weighted by molar-refractivity contribution is 6.03.